The van der Waals surface area contributed by atoms with Crippen LogP contribution in [0, 0.1) is 0 Å². The first-order valence-corrected chi connectivity index (χ1v) is 17.4. The average molecular weight is 668 g/mol. The Balaban J connectivity index is 1.21. The van der Waals surface area contributed by atoms with E-state index in [1.54, 1.807) is 15.7 Å². The Kier molecular flexibility index (Phi) is 6.49. The molecule has 6 heteroatoms. The van der Waals surface area contributed by atoms with Gasteiger partial charge in [0, 0.05) is 16.3 Å². The zero-order valence-electron chi connectivity index (χ0n) is 28.5. The van der Waals surface area contributed by atoms with E-state index in [1.807, 2.05) is 18.2 Å². The minimum atomic E-state index is -0.304. The molecule has 0 aliphatic carbocycles. The van der Waals surface area contributed by atoms with Crippen LogP contribution in [-0.4, -0.2) is 31.0 Å². The van der Waals surface area contributed by atoms with Crippen molar-refractivity contribution in [3.8, 4) is 50.6 Å². The molecule has 0 radical (unpaired) electrons. The number of fused-ring (bicyclic) bond motifs is 7. The molecule has 0 atom stereocenters. The van der Waals surface area contributed by atoms with Crippen molar-refractivity contribution in [3.05, 3.63) is 140 Å². The molecule has 10 aromatic rings. The third kappa shape index (κ3) is 4.31. The summed E-state index contributed by atoms with van der Waals surface area (Å²) in [5.41, 5.74) is 8.26. The Morgan fingerprint density at radius 1 is 0.385 bits per heavy atom. The van der Waals surface area contributed by atoms with Gasteiger partial charge in [0.15, 0.2) is 11.5 Å². The summed E-state index contributed by atoms with van der Waals surface area (Å²) < 4.78 is 6.51. The summed E-state index contributed by atoms with van der Waals surface area (Å²) >= 11 is 0. The lowest BCUT2D eigenvalue weighted by molar-refractivity contribution is 0.403. The second-order valence-corrected chi connectivity index (χ2v) is 13.8. The van der Waals surface area contributed by atoms with Gasteiger partial charge in [0.25, 0.3) is 0 Å². The van der Waals surface area contributed by atoms with Gasteiger partial charge in [-0.2, -0.15) is 0 Å². The fraction of sp³-hybridized carbons (Fsp3) is 0. The first-order chi connectivity index (χ1) is 25.4. The molecule has 0 aliphatic rings. The minimum absolute atomic E-state index is 0.0198. The Morgan fingerprint density at radius 3 is 1.56 bits per heavy atom. The number of hydrogen-bond acceptors (Lipinski definition) is 4. The summed E-state index contributed by atoms with van der Waals surface area (Å²) in [6.45, 7) is 0. The summed E-state index contributed by atoms with van der Waals surface area (Å²) in [6.07, 6.45) is 0. The Hall–Kier alpha value is -6.65. The van der Waals surface area contributed by atoms with Crippen molar-refractivity contribution in [3.63, 3.8) is 0 Å². The third-order valence-corrected chi connectivity index (χ3v) is 10.9. The van der Waals surface area contributed by atoms with Crippen molar-refractivity contribution in [2.24, 2.45) is 0 Å². The highest BCUT2D eigenvalue weighted by Gasteiger charge is 2.22. The van der Waals surface area contributed by atoms with Crippen LogP contribution in [0.5, 0.6) is 17.2 Å². The maximum atomic E-state index is 10.9. The zero-order chi connectivity index (χ0) is 35.2. The van der Waals surface area contributed by atoms with Crippen LogP contribution in [0.25, 0.3) is 98.4 Å². The van der Waals surface area contributed by atoms with E-state index in [9.17, 15) is 15.3 Å². The van der Waals surface area contributed by atoms with Crippen molar-refractivity contribution in [1.29, 1.82) is 0 Å². The zero-order valence-corrected chi connectivity index (χ0v) is 28.5. The summed E-state index contributed by atoms with van der Waals surface area (Å²) in [4.78, 5) is 0. The van der Waals surface area contributed by atoms with E-state index in [2.05, 4.69) is 121 Å². The Morgan fingerprint density at radius 2 is 0.923 bits per heavy atom. The Labute approximate surface area is 300 Å². The first-order valence-electron chi connectivity index (χ1n) is 17.4. The van der Waals surface area contributed by atoms with Crippen molar-refractivity contribution < 1.29 is 19.7 Å². The summed E-state index contributed by atoms with van der Waals surface area (Å²) in [5, 5.41) is 43.3. The van der Waals surface area contributed by atoms with Crippen LogP contribution < -0.4 is 10.9 Å². The van der Waals surface area contributed by atoms with E-state index in [0.717, 1.165) is 71.1 Å². The number of hydrogen-bond donors (Lipinski definition) is 3. The lowest BCUT2D eigenvalue weighted by atomic mass is 9.79. The van der Waals surface area contributed by atoms with E-state index in [1.165, 1.54) is 21.7 Å². The number of rotatable bonds is 3. The second-order valence-electron chi connectivity index (χ2n) is 13.8. The molecular formula is C46H30B2O4. The fourth-order valence-corrected chi connectivity index (χ4v) is 8.34. The van der Waals surface area contributed by atoms with Gasteiger partial charge in [0.05, 0.1) is 0 Å². The van der Waals surface area contributed by atoms with Crippen LogP contribution in [0.4, 0.5) is 0 Å². The highest BCUT2D eigenvalue weighted by atomic mass is 16.3. The van der Waals surface area contributed by atoms with Gasteiger partial charge >= 0.3 is 0 Å². The molecular weight excluding hydrogens is 638 g/mol. The van der Waals surface area contributed by atoms with Gasteiger partial charge in [-0.1, -0.05) is 109 Å². The van der Waals surface area contributed by atoms with E-state index < -0.39 is 0 Å². The lowest BCUT2D eigenvalue weighted by Gasteiger charge is -2.19. The molecule has 0 fully saturated rings. The highest BCUT2D eigenvalue weighted by molar-refractivity contribution is 6.45. The first kappa shape index (κ1) is 30.2. The van der Waals surface area contributed by atoms with E-state index >= 15 is 0 Å². The summed E-state index contributed by atoms with van der Waals surface area (Å²) in [5.74, 6) is -0.552. The number of phenols is 3. The molecule has 0 bridgehead atoms. The number of phenolic OH excluding ortho intramolecular Hbond substituents is 3. The van der Waals surface area contributed by atoms with Gasteiger partial charge in [-0.3, -0.25) is 0 Å². The minimum Gasteiger partial charge on any atom is -0.509 e. The molecule has 4 nitrogen and oxygen atoms in total. The van der Waals surface area contributed by atoms with Crippen LogP contribution in [0.2, 0.25) is 0 Å². The highest BCUT2D eigenvalue weighted by Crippen LogP contribution is 2.47. The molecule has 0 saturated carbocycles. The van der Waals surface area contributed by atoms with Gasteiger partial charge in [0.2, 0.25) is 0 Å². The third-order valence-electron chi connectivity index (χ3n) is 10.9. The van der Waals surface area contributed by atoms with Crippen LogP contribution in [-0.2, 0) is 0 Å². The normalized spacial score (nSPS) is 11.8. The van der Waals surface area contributed by atoms with Gasteiger partial charge < -0.3 is 19.7 Å². The monoisotopic (exact) mass is 668 g/mol. The Bertz CT molecular complexity index is 3060. The predicted octanol–water partition coefficient (Wildman–Crippen LogP) is 8.83. The average Bonchev–Trinajstić information content (AvgIpc) is 3.55. The standard InChI is InChI=1S/C46H30B2O4/c47-42-39(44(49)46(51)43(48)45(42)50)29-19-17-26-20-28(18-16-27(26)21-29)38-30-10-3-5-12-32(30)40(33-13-6-4-11-31(33)38)34-14-7-15-36-41(34)35-22-24-8-1-2-9-25(24)23-37(35)52-36/h1-23,49-51H,47-48H2. The van der Waals surface area contributed by atoms with Crippen molar-refractivity contribution >= 4 is 91.6 Å². The number of furan rings is 1. The number of benzene rings is 9. The van der Waals surface area contributed by atoms with Gasteiger partial charge in [-0.15, -0.1) is 0 Å². The molecule has 1 heterocycles. The van der Waals surface area contributed by atoms with Crippen molar-refractivity contribution in [1.82, 2.24) is 0 Å². The molecule has 9 aromatic carbocycles. The van der Waals surface area contributed by atoms with Crippen molar-refractivity contribution in [2.45, 2.75) is 0 Å². The fourth-order valence-electron chi connectivity index (χ4n) is 8.34. The maximum Gasteiger partial charge on any atom is 0.164 e. The largest absolute Gasteiger partial charge is 0.509 e. The molecule has 0 aliphatic heterocycles. The van der Waals surface area contributed by atoms with Crippen LogP contribution in [0.15, 0.2) is 144 Å². The summed E-state index contributed by atoms with van der Waals surface area (Å²) in [6, 6.07) is 49.0. The van der Waals surface area contributed by atoms with Gasteiger partial charge in [-0.25, -0.2) is 0 Å². The SMILES string of the molecule is Bc1c(O)c(B)c(-c2ccc3cc(-c4c5ccccc5c(-c5cccc6oc7cc8ccccc8cc7c56)c5ccccc45)ccc3c2)c(O)c1O. The molecule has 0 saturated heterocycles. The molecule has 3 N–H and O–H groups in total. The van der Waals surface area contributed by atoms with Gasteiger partial charge in [0.1, 0.15) is 32.6 Å². The second kappa shape index (κ2) is 11.2. The smallest absolute Gasteiger partial charge is 0.164 e. The van der Waals surface area contributed by atoms with E-state index in [-0.39, 0.29) is 22.7 Å². The molecule has 10 rings (SSSR count). The molecule has 52 heavy (non-hydrogen) atoms. The topological polar surface area (TPSA) is 73.8 Å². The van der Waals surface area contributed by atoms with Crippen LogP contribution in [0.1, 0.15) is 0 Å². The van der Waals surface area contributed by atoms with E-state index in [0.29, 0.717) is 11.0 Å². The van der Waals surface area contributed by atoms with Crippen molar-refractivity contribution in [2.75, 3.05) is 0 Å². The predicted molar refractivity (Wildman–Crippen MR) is 221 cm³/mol. The molecule has 244 valence electrons. The summed E-state index contributed by atoms with van der Waals surface area (Å²) in [7, 11) is 3.34. The van der Waals surface area contributed by atoms with E-state index in [4.69, 9.17) is 4.42 Å². The maximum absolute atomic E-state index is 10.9. The molecule has 0 spiro atoms. The van der Waals surface area contributed by atoms with Crippen LogP contribution in [0.3, 0.4) is 0 Å². The number of aromatic hydroxyl groups is 3. The van der Waals surface area contributed by atoms with Gasteiger partial charge in [-0.05, 0) is 112 Å². The van der Waals surface area contributed by atoms with Crippen LogP contribution >= 0.6 is 0 Å². The molecule has 0 amide bonds. The molecule has 0 unspecified atom stereocenters. The molecule has 1 aromatic heterocycles. The lowest BCUT2D eigenvalue weighted by Crippen LogP contribution is -2.18. The quantitative estimate of drug-likeness (QED) is 0.0762.